The monoisotopic (exact) mass is 575 g/mol. The van der Waals surface area contributed by atoms with Crippen molar-refractivity contribution in [2.24, 2.45) is 17.1 Å². The highest BCUT2D eigenvalue weighted by Gasteiger charge is 2.55. The number of halogens is 3. The first-order valence-electron chi connectivity index (χ1n) is 13.3. The molecule has 2 aromatic heterocycles. The maximum absolute atomic E-state index is 13.3. The van der Waals surface area contributed by atoms with E-state index >= 15 is 0 Å². The number of nitrogens with one attached hydrogen (secondary N) is 1. The molecule has 3 atom stereocenters. The van der Waals surface area contributed by atoms with Crippen LogP contribution in [0.3, 0.4) is 0 Å². The first-order chi connectivity index (χ1) is 19.2. The fraction of sp³-hybridized carbons (Fsp3) is 0.448. The Morgan fingerprint density at radius 1 is 1.10 bits per heavy atom. The van der Waals surface area contributed by atoms with E-state index in [2.05, 4.69) is 15.4 Å². The van der Waals surface area contributed by atoms with Gasteiger partial charge in [0.15, 0.2) is 11.7 Å². The normalized spacial score (nSPS) is 15.0. The van der Waals surface area contributed by atoms with Gasteiger partial charge in [-0.15, -0.1) is 0 Å². The van der Waals surface area contributed by atoms with Crippen LogP contribution in [-0.4, -0.2) is 43.6 Å². The van der Waals surface area contributed by atoms with Gasteiger partial charge >= 0.3 is 12.3 Å². The second-order valence-corrected chi connectivity index (χ2v) is 11.0. The zero-order valence-electron chi connectivity index (χ0n) is 23.5. The first kappa shape index (κ1) is 31.6. The average Bonchev–Trinajstić information content (AvgIpc) is 3.37. The number of alkyl halides is 3. The van der Waals surface area contributed by atoms with Gasteiger partial charge in [-0.2, -0.15) is 18.3 Å². The number of unbranched alkanes of at least 4 members (excludes halogenated alkanes) is 1. The second kappa shape index (κ2) is 12.7. The number of aliphatic hydroxyl groups is 1. The molecule has 0 saturated heterocycles. The number of carbonyl (C=O) groups excluding carboxylic acids is 2. The Kier molecular flexibility index (Phi) is 9.80. The SMILES string of the molecule is CCCC[C@](OC(N)=O)(C(Cn1ccc(-c2ccc(C(F)(F)F)cc2)n1)C(C)(C)C)[C@@H](O)C(=O)Nc1ccccn1. The third-order valence-corrected chi connectivity index (χ3v) is 6.99. The summed E-state index contributed by atoms with van der Waals surface area (Å²) in [6, 6.07) is 11.2. The van der Waals surface area contributed by atoms with Gasteiger partial charge in [0.1, 0.15) is 5.82 Å². The predicted octanol–water partition coefficient (Wildman–Crippen LogP) is 5.65. The van der Waals surface area contributed by atoms with E-state index in [1.54, 1.807) is 35.1 Å². The number of nitrogens with two attached hydrogens (primary N) is 1. The summed E-state index contributed by atoms with van der Waals surface area (Å²) in [5.74, 6) is -1.30. The van der Waals surface area contributed by atoms with Crippen LogP contribution >= 0.6 is 0 Å². The van der Waals surface area contributed by atoms with Crippen molar-refractivity contribution in [3.63, 3.8) is 0 Å². The maximum atomic E-state index is 13.3. The number of primary amides is 1. The van der Waals surface area contributed by atoms with Gasteiger partial charge in [-0.3, -0.25) is 9.48 Å². The second-order valence-electron chi connectivity index (χ2n) is 11.0. The molecule has 0 radical (unpaired) electrons. The lowest BCUT2D eigenvalue weighted by molar-refractivity contribution is -0.165. The van der Waals surface area contributed by atoms with Gasteiger partial charge in [0, 0.05) is 30.4 Å². The van der Waals surface area contributed by atoms with Crippen LogP contribution < -0.4 is 11.1 Å². The van der Waals surface area contributed by atoms with Crippen LogP contribution in [0.2, 0.25) is 0 Å². The molecule has 2 amide bonds. The third-order valence-electron chi connectivity index (χ3n) is 6.99. The molecule has 222 valence electrons. The van der Waals surface area contributed by atoms with Gasteiger partial charge in [0.05, 0.1) is 11.3 Å². The van der Waals surface area contributed by atoms with Crippen LogP contribution in [0.25, 0.3) is 11.3 Å². The highest BCUT2D eigenvalue weighted by atomic mass is 19.4. The molecule has 4 N–H and O–H groups in total. The summed E-state index contributed by atoms with van der Waals surface area (Å²) >= 11 is 0. The van der Waals surface area contributed by atoms with E-state index in [1.807, 2.05) is 27.7 Å². The van der Waals surface area contributed by atoms with Crippen molar-refractivity contribution in [2.45, 2.75) is 71.4 Å². The molecule has 41 heavy (non-hydrogen) atoms. The molecule has 0 aliphatic heterocycles. The Labute approximate surface area is 236 Å². The largest absolute Gasteiger partial charge is 0.439 e. The summed E-state index contributed by atoms with van der Waals surface area (Å²) in [5, 5.41) is 18.7. The van der Waals surface area contributed by atoms with Crippen LogP contribution in [0.15, 0.2) is 60.9 Å². The van der Waals surface area contributed by atoms with E-state index < -0.39 is 46.8 Å². The highest BCUT2D eigenvalue weighted by molar-refractivity contribution is 5.94. The minimum Gasteiger partial charge on any atom is -0.439 e. The summed E-state index contributed by atoms with van der Waals surface area (Å²) < 4.78 is 46.3. The lowest BCUT2D eigenvalue weighted by Crippen LogP contribution is -2.61. The number of pyridine rings is 1. The smallest absolute Gasteiger partial charge is 0.416 e. The molecular formula is C29H36F3N5O4. The Hall–Kier alpha value is -3.93. The Bertz CT molecular complexity index is 1310. The topological polar surface area (TPSA) is 132 Å². The molecule has 12 heteroatoms. The number of rotatable bonds is 11. The molecule has 0 fully saturated rings. The molecule has 0 bridgehead atoms. The van der Waals surface area contributed by atoms with Crippen LogP contribution in [-0.2, 0) is 22.3 Å². The van der Waals surface area contributed by atoms with E-state index in [9.17, 15) is 27.9 Å². The number of aliphatic hydroxyl groups excluding tert-OH is 1. The molecular weight excluding hydrogens is 539 g/mol. The number of hydrogen-bond donors (Lipinski definition) is 3. The lowest BCUT2D eigenvalue weighted by atomic mass is 9.66. The molecule has 0 spiro atoms. The number of ether oxygens (including phenoxy) is 1. The highest BCUT2D eigenvalue weighted by Crippen LogP contribution is 2.44. The summed E-state index contributed by atoms with van der Waals surface area (Å²) in [5.41, 5.74) is 3.25. The summed E-state index contributed by atoms with van der Waals surface area (Å²) in [4.78, 5) is 29.7. The quantitative estimate of drug-likeness (QED) is 0.271. The van der Waals surface area contributed by atoms with E-state index in [0.717, 1.165) is 12.1 Å². The van der Waals surface area contributed by atoms with Crippen molar-refractivity contribution in [3.05, 3.63) is 66.5 Å². The minimum atomic E-state index is -4.45. The number of hydrogen-bond acceptors (Lipinski definition) is 6. The van der Waals surface area contributed by atoms with Crippen molar-refractivity contribution < 1.29 is 32.6 Å². The molecule has 2 heterocycles. The van der Waals surface area contributed by atoms with Crippen molar-refractivity contribution in [2.75, 3.05) is 5.32 Å². The van der Waals surface area contributed by atoms with Gasteiger partial charge in [-0.25, -0.2) is 9.78 Å². The fourth-order valence-electron chi connectivity index (χ4n) is 4.97. The minimum absolute atomic E-state index is 0.0923. The Morgan fingerprint density at radius 2 is 1.78 bits per heavy atom. The maximum Gasteiger partial charge on any atom is 0.416 e. The van der Waals surface area contributed by atoms with Gasteiger partial charge in [0.25, 0.3) is 5.91 Å². The zero-order valence-corrected chi connectivity index (χ0v) is 23.5. The number of nitrogens with zero attached hydrogens (tertiary/aromatic N) is 3. The standard InChI is InChI=1S/C29H36F3N5O4/c1-5-6-15-28(41-26(33)40,24(38)25(39)35-23-9-7-8-16-34-23)22(27(2,3)4)18-37-17-14-21(36-37)19-10-12-20(13-11-19)29(30,31)32/h7-14,16-17,22,24,38H,5-6,15,18H2,1-4H3,(H2,33,40)(H,34,35,39)/t22?,24-,28-/m0/s1. The fourth-order valence-corrected chi connectivity index (χ4v) is 4.97. The van der Waals surface area contributed by atoms with Crippen molar-refractivity contribution >= 4 is 17.8 Å². The molecule has 0 aliphatic carbocycles. The van der Waals surface area contributed by atoms with E-state index in [4.69, 9.17) is 10.5 Å². The van der Waals surface area contributed by atoms with E-state index in [1.165, 1.54) is 18.3 Å². The summed E-state index contributed by atoms with van der Waals surface area (Å²) in [6.45, 7) is 7.66. The summed E-state index contributed by atoms with van der Waals surface area (Å²) in [7, 11) is 0. The molecule has 9 nitrogen and oxygen atoms in total. The third kappa shape index (κ3) is 7.84. The van der Waals surface area contributed by atoms with Crippen LogP contribution in [0, 0.1) is 11.3 Å². The van der Waals surface area contributed by atoms with Gasteiger partial charge in [-0.1, -0.05) is 52.3 Å². The molecule has 1 aromatic carbocycles. The number of anilines is 1. The lowest BCUT2D eigenvalue weighted by Gasteiger charge is -2.47. The number of benzene rings is 1. The van der Waals surface area contributed by atoms with E-state index in [0.29, 0.717) is 24.1 Å². The van der Waals surface area contributed by atoms with Crippen molar-refractivity contribution in [3.8, 4) is 11.3 Å². The summed E-state index contributed by atoms with van der Waals surface area (Å²) in [6.07, 6.45) is -3.00. The number of amides is 2. The Morgan fingerprint density at radius 3 is 2.32 bits per heavy atom. The average molecular weight is 576 g/mol. The van der Waals surface area contributed by atoms with Crippen LogP contribution in [0.5, 0.6) is 0 Å². The molecule has 1 unspecified atom stereocenters. The number of aromatic nitrogens is 3. The van der Waals surface area contributed by atoms with Crippen LogP contribution in [0.1, 0.15) is 52.5 Å². The van der Waals surface area contributed by atoms with Crippen molar-refractivity contribution in [1.82, 2.24) is 14.8 Å². The van der Waals surface area contributed by atoms with Crippen molar-refractivity contribution in [1.29, 1.82) is 0 Å². The zero-order chi connectivity index (χ0) is 30.4. The molecule has 0 aliphatic rings. The van der Waals surface area contributed by atoms with Gasteiger partial charge < -0.3 is 20.9 Å². The number of carbonyl (C=O) groups is 2. The Balaban J connectivity index is 2.01. The van der Waals surface area contributed by atoms with E-state index in [-0.39, 0.29) is 18.8 Å². The predicted molar refractivity (Wildman–Crippen MR) is 147 cm³/mol. The van der Waals surface area contributed by atoms with Crippen LogP contribution in [0.4, 0.5) is 23.8 Å². The molecule has 3 rings (SSSR count). The first-order valence-corrected chi connectivity index (χ1v) is 13.3. The molecule has 3 aromatic rings. The van der Waals surface area contributed by atoms with Gasteiger partial charge in [-0.05, 0) is 48.6 Å². The van der Waals surface area contributed by atoms with Gasteiger partial charge in [0.2, 0.25) is 0 Å². The molecule has 0 saturated carbocycles.